The number of nitrogens with zero attached hydrogens (tertiary/aromatic N) is 2. The minimum atomic E-state index is 0.540. The Morgan fingerprint density at radius 1 is 1.32 bits per heavy atom. The van der Waals surface area contributed by atoms with Gasteiger partial charge in [-0.25, -0.2) is 0 Å². The van der Waals surface area contributed by atoms with Crippen molar-refractivity contribution < 1.29 is 4.74 Å². The molecule has 102 valence electrons. The zero-order valence-electron chi connectivity index (χ0n) is 11.3. The molecule has 0 atom stereocenters. The number of rotatable bonds is 6. The van der Waals surface area contributed by atoms with Crippen molar-refractivity contribution in [1.29, 1.82) is 0 Å². The minimum Gasteiger partial charge on any atom is -0.493 e. The third kappa shape index (κ3) is 3.92. The van der Waals surface area contributed by atoms with E-state index in [9.17, 15) is 0 Å². The maximum atomic E-state index is 5.68. The van der Waals surface area contributed by atoms with Gasteiger partial charge in [0.15, 0.2) is 4.77 Å². The lowest BCUT2D eigenvalue weighted by molar-refractivity contribution is 0.315. The molecule has 0 aliphatic carbocycles. The highest BCUT2D eigenvalue weighted by molar-refractivity contribution is 7.71. The maximum Gasteiger partial charge on any atom is 0.195 e. The highest BCUT2D eigenvalue weighted by atomic mass is 32.1. The van der Waals surface area contributed by atoms with Gasteiger partial charge in [-0.15, -0.1) is 0 Å². The van der Waals surface area contributed by atoms with Crippen molar-refractivity contribution in [2.45, 2.75) is 26.8 Å². The monoisotopic (exact) mass is 277 g/mol. The first-order valence-electron chi connectivity index (χ1n) is 6.48. The zero-order valence-corrected chi connectivity index (χ0v) is 12.1. The van der Waals surface area contributed by atoms with Crippen LogP contribution in [0.15, 0.2) is 30.3 Å². The number of benzene rings is 1. The van der Waals surface area contributed by atoms with Crippen molar-refractivity contribution in [3.63, 3.8) is 0 Å². The number of hydrogen-bond acceptors (Lipinski definition) is 3. The van der Waals surface area contributed by atoms with Crippen LogP contribution in [0.5, 0.6) is 5.75 Å². The number of nitrogens with one attached hydrogen (secondary N) is 1. The Morgan fingerprint density at radius 3 is 2.74 bits per heavy atom. The molecule has 0 bridgehead atoms. The van der Waals surface area contributed by atoms with Crippen LogP contribution >= 0.6 is 12.2 Å². The number of para-hydroxylation sites is 1. The molecule has 0 unspecified atom stereocenters. The summed E-state index contributed by atoms with van der Waals surface area (Å²) in [5.74, 6) is 2.37. The molecule has 1 aromatic heterocycles. The van der Waals surface area contributed by atoms with Gasteiger partial charge in [0.05, 0.1) is 6.61 Å². The number of ether oxygens (including phenoxy) is 1. The summed E-state index contributed by atoms with van der Waals surface area (Å²) in [4.78, 5) is 0. The van der Waals surface area contributed by atoms with E-state index in [1.54, 1.807) is 0 Å². The molecule has 0 aliphatic rings. The minimum absolute atomic E-state index is 0.540. The lowest BCUT2D eigenvalue weighted by atomic mass is 10.2. The van der Waals surface area contributed by atoms with Gasteiger partial charge in [-0.05, 0) is 30.3 Å². The molecule has 1 N–H and O–H groups in total. The smallest absolute Gasteiger partial charge is 0.195 e. The molecule has 1 heterocycles. The molecule has 0 radical (unpaired) electrons. The maximum absolute atomic E-state index is 5.68. The molecule has 19 heavy (non-hydrogen) atoms. The van der Waals surface area contributed by atoms with Crippen molar-refractivity contribution in [2.75, 3.05) is 6.61 Å². The quantitative estimate of drug-likeness (QED) is 0.824. The van der Waals surface area contributed by atoms with E-state index >= 15 is 0 Å². The number of H-pyrrole nitrogens is 1. The Kier molecular flexibility index (Phi) is 4.74. The van der Waals surface area contributed by atoms with E-state index in [-0.39, 0.29) is 0 Å². The summed E-state index contributed by atoms with van der Waals surface area (Å²) in [5.41, 5.74) is 0. The highest BCUT2D eigenvalue weighted by Gasteiger charge is 2.07. The van der Waals surface area contributed by atoms with Gasteiger partial charge >= 0.3 is 0 Å². The Balaban J connectivity index is 1.94. The van der Waals surface area contributed by atoms with E-state index in [1.807, 2.05) is 34.9 Å². The van der Waals surface area contributed by atoms with Crippen LogP contribution < -0.4 is 4.74 Å². The molecule has 1 aromatic carbocycles. The van der Waals surface area contributed by atoms with Crippen LogP contribution in [0.4, 0.5) is 0 Å². The molecule has 2 rings (SSSR count). The standard InChI is InChI=1S/C14H19N3OS/c1-11(2)10-17-13(15-16-14(17)19)8-9-18-12-6-4-3-5-7-12/h3-7,11H,8-10H2,1-2H3,(H,16,19). The topological polar surface area (TPSA) is 42.8 Å². The largest absolute Gasteiger partial charge is 0.493 e. The van der Waals surface area contributed by atoms with Crippen molar-refractivity contribution >= 4 is 12.2 Å². The van der Waals surface area contributed by atoms with Crippen LogP contribution in [-0.2, 0) is 13.0 Å². The van der Waals surface area contributed by atoms with Gasteiger partial charge in [0.1, 0.15) is 11.6 Å². The molecule has 5 heteroatoms. The molecule has 0 saturated heterocycles. The van der Waals surface area contributed by atoms with Crippen LogP contribution in [0.1, 0.15) is 19.7 Å². The van der Waals surface area contributed by atoms with Gasteiger partial charge in [0.25, 0.3) is 0 Å². The van der Waals surface area contributed by atoms with Crippen LogP contribution in [-0.4, -0.2) is 21.4 Å². The van der Waals surface area contributed by atoms with E-state index in [0.29, 0.717) is 17.3 Å². The predicted octanol–water partition coefficient (Wildman–Crippen LogP) is 3.22. The summed E-state index contributed by atoms with van der Waals surface area (Å²) in [5, 5.41) is 7.12. The van der Waals surface area contributed by atoms with Gasteiger partial charge in [0, 0.05) is 13.0 Å². The van der Waals surface area contributed by atoms with Crippen LogP contribution in [0.2, 0.25) is 0 Å². The van der Waals surface area contributed by atoms with E-state index in [1.165, 1.54) is 0 Å². The fraction of sp³-hybridized carbons (Fsp3) is 0.429. The second kappa shape index (κ2) is 6.52. The van der Waals surface area contributed by atoms with Crippen molar-refractivity contribution in [1.82, 2.24) is 14.8 Å². The number of aromatic nitrogens is 3. The van der Waals surface area contributed by atoms with Gasteiger partial charge in [-0.3, -0.25) is 5.10 Å². The third-order valence-corrected chi connectivity index (χ3v) is 3.03. The van der Waals surface area contributed by atoms with Crippen molar-refractivity contribution in [3.05, 3.63) is 40.9 Å². The SMILES string of the molecule is CC(C)Cn1c(CCOc2ccccc2)n[nH]c1=S. The van der Waals surface area contributed by atoms with Crippen molar-refractivity contribution in [2.24, 2.45) is 5.92 Å². The first kappa shape index (κ1) is 13.8. The van der Waals surface area contributed by atoms with Gasteiger partial charge in [-0.2, -0.15) is 5.10 Å². The summed E-state index contributed by atoms with van der Waals surface area (Å²) in [6, 6.07) is 9.80. The van der Waals surface area contributed by atoms with Crippen LogP contribution in [0.3, 0.4) is 0 Å². The molecule has 2 aromatic rings. The van der Waals surface area contributed by atoms with Gasteiger partial charge in [-0.1, -0.05) is 32.0 Å². The molecular weight excluding hydrogens is 258 g/mol. The summed E-state index contributed by atoms with van der Waals surface area (Å²) >= 11 is 5.24. The Morgan fingerprint density at radius 2 is 2.05 bits per heavy atom. The molecule has 0 amide bonds. The average Bonchev–Trinajstić information content (AvgIpc) is 2.72. The molecule has 0 fully saturated rings. The van der Waals surface area contributed by atoms with Gasteiger partial charge < -0.3 is 9.30 Å². The lowest BCUT2D eigenvalue weighted by Crippen LogP contribution is -2.12. The average molecular weight is 277 g/mol. The first-order valence-corrected chi connectivity index (χ1v) is 6.89. The highest BCUT2D eigenvalue weighted by Crippen LogP contribution is 2.10. The zero-order chi connectivity index (χ0) is 13.7. The second-order valence-corrected chi connectivity index (χ2v) is 5.25. The lowest BCUT2D eigenvalue weighted by Gasteiger charge is -2.10. The summed E-state index contributed by atoms with van der Waals surface area (Å²) in [7, 11) is 0. The van der Waals surface area contributed by atoms with E-state index in [0.717, 1.165) is 24.5 Å². The summed E-state index contributed by atoms with van der Waals surface area (Å²) in [6.07, 6.45) is 0.745. The van der Waals surface area contributed by atoms with Crippen LogP contribution in [0.25, 0.3) is 0 Å². The first-order chi connectivity index (χ1) is 9.16. The molecule has 0 spiro atoms. The molecule has 0 aliphatic heterocycles. The van der Waals surface area contributed by atoms with E-state index in [4.69, 9.17) is 17.0 Å². The normalized spacial score (nSPS) is 10.9. The third-order valence-electron chi connectivity index (χ3n) is 2.72. The number of aromatic amines is 1. The molecular formula is C14H19N3OS. The predicted molar refractivity (Wildman–Crippen MR) is 77.9 cm³/mol. The fourth-order valence-corrected chi connectivity index (χ4v) is 2.10. The van der Waals surface area contributed by atoms with Crippen LogP contribution in [0, 0.1) is 10.7 Å². The summed E-state index contributed by atoms with van der Waals surface area (Å²) in [6.45, 7) is 5.82. The Hall–Kier alpha value is -1.62. The van der Waals surface area contributed by atoms with Gasteiger partial charge in [0.2, 0.25) is 0 Å². The molecule has 0 saturated carbocycles. The fourth-order valence-electron chi connectivity index (χ4n) is 1.87. The van der Waals surface area contributed by atoms with E-state index < -0.39 is 0 Å². The van der Waals surface area contributed by atoms with E-state index in [2.05, 4.69) is 24.0 Å². The van der Waals surface area contributed by atoms with Crippen molar-refractivity contribution in [3.8, 4) is 5.75 Å². The number of hydrogen-bond donors (Lipinski definition) is 1. The summed E-state index contributed by atoms with van der Waals surface area (Å²) < 4.78 is 8.41. The molecule has 4 nitrogen and oxygen atoms in total. The Bertz CT molecular complexity index is 560. The Labute approximate surface area is 118 Å². The second-order valence-electron chi connectivity index (χ2n) is 4.86.